The Kier molecular flexibility index (Phi) is 8.10. The van der Waals surface area contributed by atoms with Gasteiger partial charge < -0.3 is 4.42 Å². The number of nitrogens with one attached hydrogen (secondary N) is 2. The molecule has 0 aliphatic carbocycles. The molecule has 0 radical (unpaired) electrons. The molecule has 3 rings (SSSR count). The summed E-state index contributed by atoms with van der Waals surface area (Å²) >= 11 is 1.37. The number of carbonyl (C=O) groups excluding carboxylic acids is 1. The molecule has 0 aliphatic heterocycles. The highest BCUT2D eigenvalue weighted by molar-refractivity contribution is 7.89. The van der Waals surface area contributed by atoms with Crippen LogP contribution in [0.15, 0.2) is 58.1 Å². The van der Waals surface area contributed by atoms with Gasteiger partial charge in [-0.3, -0.25) is 10.1 Å². The Morgan fingerprint density at radius 2 is 1.97 bits per heavy atom. The van der Waals surface area contributed by atoms with Gasteiger partial charge in [0.25, 0.3) is 0 Å². The first-order valence-electron chi connectivity index (χ1n) is 9.90. The smallest absolute Gasteiger partial charge is 0.250 e. The molecule has 0 saturated heterocycles. The van der Waals surface area contributed by atoms with Crippen LogP contribution >= 0.6 is 11.3 Å². The molecule has 31 heavy (non-hydrogen) atoms. The zero-order valence-electron chi connectivity index (χ0n) is 17.1. The fraction of sp³-hybridized carbons (Fsp3) is 0.286. The molecule has 0 saturated carbocycles. The van der Waals surface area contributed by atoms with Gasteiger partial charge in [0, 0.05) is 12.5 Å². The molecule has 164 valence electrons. The van der Waals surface area contributed by atoms with E-state index in [2.05, 4.69) is 27.2 Å². The molecule has 0 aliphatic rings. The van der Waals surface area contributed by atoms with E-state index in [1.54, 1.807) is 30.3 Å². The number of furan rings is 1. The minimum absolute atomic E-state index is 0.0725. The molecule has 3 aromatic rings. The molecule has 1 aromatic carbocycles. The number of hydrogen-bond donors (Lipinski definition) is 2. The lowest BCUT2D eigenvalue weighted by atomic mass is 10.2. The number of nitrogens with zero attached hydrogens (tertiary/aromatic N) is 2. The van der Waals surface area contributed by atoms with Gasteiger partial charge in [-0.15, -0.1) is 10.2 Å². The van der Waals surface area contributed by atoms with Gasteiger partial charge in [0.15, 0.2) is 0 Å². The van der Waals surface area contributed by atoms with E-state index in [9.17, 15) is 13.2 Å². The van der Waals surface area contributed by atoms with Crippen molar-refractivity contribution in [2.45, 2.75) is 44.0 Å². The van der Waals surface area contributed by atoms with Crippen molar-refractivity contribution in [3.8, 4) is 0 Å². The Balaban J connectivity index is 1.52. The Labute approximate surface area is 185 Å². The van der Waals surface area contributed by atoms with Crippen molar-refractivity contribution >= 4 is 38.5 Å². The lowest BCUT2D eigenvalue weighted by molar-refractivity contribution is -0.111. The van der Waals surface area contributed by atoms with Crippen molar-refractivity contribution in [3.05, 3.63) is 65.1 Å². The lowest BCUT2D eigenvalue weighted by Crippen LogP contribution is -2.22. The first-order valence-corrected chi connectivity index (χ1v) is 12.2. The third kappa shape index (κ3) is 7.12. The number of carbonyl (C=O) groups is 1. The number of hydrogen-bond acceptors (Lipinski definition) is 7. The number of anilines is 1. The van der Waals surface area contributed by atoms with Gasteiger partial charge in [0.2, 0.25) is 21.1 Å². The second kappa shape index (κ2) is 11.0. The fourth-order valence-corrected chi connectivity index (χ4v) is 4.45. The number of benzene rings is 1. The van der Waals surface area contributed by atoms with E-state index in [1.807, 2.05) is 0 Å². The SMILES string of the molecule is CCCCCc1nnc(NC(=O)/C=C/c2ccc(S(=O)(=O)NCc3ccco3)cc2)s1. The lowest BCUT2D eigenvalue weighted by Gasteiger charge is -2.05. The first-order chi connectivity index (χ1) is 15.0. The Hall–Kier alpha value is -2.82. The largest absolute Gasteiger partial charge is 0.468 e. The molecule has 0 fully saturated rings. The van der Waals surface area contributed by atoms with Crippen LogP contribution in [-0.2, 0) is 27.8 Å². The number of aromatic nitrogens is 2. The van der Waals surface area contributed by atoms with Crippen molar-refractivity contribution in [3.63, 3.8) is 0 Å². The summed E-state index contributed by atoms with van der Waals surface area (Å²) in [6.45, 7) is 2.22. The van der Waals surface area contributed by atoms with Crippen LogP contribution < -0.4 is 10.0 Å². The Morgan fingerprint density at radius 1 is 1.16 bits per heavy atom. The highest BCUT2D eigenvalue weighted by Gasteiger charge is 2.14. The van der Waals surface area contributed by atoms with Crippen molar-refractivity contribution in [1.82, 2.24) is 14.9 Å². The number of sulfonamides is 1. The van der Waals surface area contributed by atoms with Crippen LogP contribution in [-0.4, -0.2) is 24.5 Å². The van der Waals surface area contributed by atoms with Crippen LogP contribution in [0.25, 0.3) is 6.08 Å². The maximum atomic E-state index is 12.3. The molecule has 1 amide bonds. The van der Waals surface area contributed by atoms with E-state index in [1.165, 1.54) is 35.8 Å². The van der Waals surface area contributed by atoms with Crippen LogP contribution in [0.2, 0.25) is 0 Å². The van der Waals surface area contributed by atoms with Crippen LogP contribution in [0.4, 0.5) is 5.13 Å². The minimum Gasteiger partial charge on any atom is -0.468 e. The van der Waals surface area contributed by atoms with Gasteiger partial charge in [-0.25, -0.2) is 13.1 Å². The van der Waals surface area contributed by atoms with Crippen LogP contribution in [0.5, 0.6) is 0 Å². The Morgan fingerprint density at radius 3 is 2.68 bits per heavy atom. The van der Waals surface area contributed by atoms with Crippen molar-refractivity contribution in [2.75, 3.05) is 5.32 Å². The van der Waals surface area contributed by atoms with Crippen LogP contribution in [0.3, 0.4) is 0 Å². The average molecular weight is 461 g/mol. The van der Waals surface area contributed by atoms with E-state index in [0.29, 0.717) is 16.5 Å². The van der Waals surface area contributed by atoms with E-state index < -0.39 is 10.0 Å². The van der Waals surface area contributed by atoms with Gasteiger partial charge in [-0.1, -0.05) is 43.2 Å². The number of amides is 1. The van der Waals surface area contributed by atoms with E-state index in [4.69, 9.17) is 4.42 Å². The predicted molar refractivity (Wildman–Crippen MR) is 120 cm³/mol. The fourth-order valence-electron chi connectivity index (χ4n) is 2.67. The Bertz CT molecular complexity index is 1100. The first kappa shape index (κ1) is 22.9. The molecule has 2 aromatic heterocycles. The highest BCUT2D eigenvalue weighted by Crippen LogP contribution is 2.18. The average Bonchev–Trinajstić information content (AvgIpc) is 3.44. The summed E-state index contributed by atoms with van der Waals surface area (Å²) in [7, 11) is -3.66. The number of unbranched alkanes of at least 4 members (excludes halogenated alkanes) is 2. The third-order valence-electron chi connectivity index (χ3n) is 4.33. The van der Waals surface area contributed by atoms with Crippen molar-refractivity contribution < 1.29 is 17.6 Å². The van der Waals surface area contributed by atoms with Gasteiger partial charge >= 0.3 is 0 Å². The molecule has 8 nitrogen and oxygen atoms in total. The van der Waals surface area contributed by atoms with Gasteiger partial charge in [0.05, 0.1) is 17.7 Å². The van der Waals surface area contributed by atoms with Gasteiger partial charge in [0.1, 0.15) is 10.8 Å². The van der Waals surface area contributed by atoms with E-state index >= 15 is 0 Å². The van der Waals surface area contributed by atoms with Crippen LogP contribution in [0.1, 0.15) is 42.5 Å². The quantitative estimate of drug-likeness (QED) is 0.330. The summed E-state index contributed by atoms with van der Waals surface area (Å²) < 4.78 is 32.3. The zero-order chi connectivity index (χ0) is 22.1. The normalized spacial score (nSPS) is 11.8. The second-order valence-corrected chi connectivity index (χ2v) is 9.58. The summed E-state index contributed by atoms with van der Waals surface area (Å²) in [5, 5.41) is 12.1. The van der Waals surface area contributed by atoms with Crippen LogP contribution in [0, 0.1) is 0 Å². The second-order valence-electron chi connectivity index (χ2n) is 6.75. The molecule has 10 heteroatoms. The van der Waals surface area contributed by atoms with Crippen molar-refractivity contribution in [1.29, 1.82) is 0 Å². The minimum atomic E-state index is -3.66. The monoisotopic (exact) mass is 460 g/mol. The molecule has 2 heterocycles. The standard InChI is InChI=1S/C21H24N4O4S2/c1-2-3-4-7-20-24-25-21(30-20)23-19(26)13-10-16-8-11-18(12-9-16)31(27,28)22-15-17-6-5-14-29-17/h5-6,8-14,22H,2-4,7,15H2,1H3,(H,23,25,26)/b13-10+. The summed E-state index contributed by atoms with van der Waals surface area (Å²) in [5.74, 6) is 0.200. The molecule has 2 N–H and O–H groups in total. The third-order valence-corrected chi connectivity index (χ3v) is 6.64. The molecule has 0 bridgehead atoms. The van der Waals surface area contributed by atoms with E-state index in [-0.39, 0.29) is 17.3 Å². The predicted octanol–water partition coefficient (Wildman–Crippen LogP) is 3.99. The van der Waals surface area contributed by atoms with E-state index in [0.717, 1.165) is 30.7 Å². The highest BCUT2D eigenvalue weighted by atomic mass is 32.2. The molecule has 0 unspecified atom stereocenters. The molecule has 0 atom stereocenters. The summed E-state index contributed by atoms with van der Waals surface area (Å²) in [4.78, 5) is 12.2. The number of aryl methyl sites for hydroxylation is 1. The summed E-state index contributed by atoms with van der Waals surface area (Å²) in [6.07, 6.45) is 8.66. The molecule has 0 spiro atoms. The number of rotatable bonds is 11. The summed E-state index contributed by atoms with van der Waals surface area (Å²) in [6, 6.07) is 9.60. The van der Waals surface area contributed by atoms with Crippen molar-refractivity contribution in [2.24, 2.45) is 0 Å². The zero-order valence-corrected chi connectivity index (χ0v) is 18.7. The summed E-state index contributed by atoms with van der Waals surface area (Å²) in [5.41, 5.74) is 0.692. The molecular weight excluding hydrogens is 436 g/mol. The molecular formula is C21H24N4O4S2. The van der Waals surface area contributed by atoms with Gasteiger partial charge in [-0.05, 0) is 42.3 Å². The topological polar surface area (TPSA) is 114 Å². The van der Waals surface area contributed by atoms with Gasteiger partial charge in [-0.2, -0.15) is 0 Å². The maximum Gasteiger partial charge on any atom is 0.250 e. The maximum absolute atomic E-state index is 12.3.